The highest BCUT2D eigenvalue weighted by Crippen LogP contribution is 2.15. The van der Waals surface area contributed by atoms with Crippen LogP contribution in [0.4, 0.5) is 4.79 Å². The molecule has 0 unspecified atom stereocenters. The SMILES string of the molecule is Cc1ccc(C(=O)N2CCC(NC(=O)NCc3cn4cc(Cl)ccc4n3)CC2)cc1. The van der Waals surface area contributed by atoms with Gasteiger partial charge < -0.3 is 19.9 Å². The van der Waals surface area contributed by atoms with Crippen molar-refractivity contribution in [1.29, 1.82) is 0 Å². The maximum Gasteiger partial charge on any atom is 0.315 e. The molecule has 1 aliphatic heterocycles. The van der Waals surface area contributed by atoms with E-state index in [2.05, 4.69) is 15.6 Å². The number of carbonyl (C=O) groups excluding carboxylic acids is 2. The van der Waals surface area contributed by atoms with Gasteiger partial charge in [0.15, 0.2) is 0 Å². The lowest BCUT2D eigenvalue weighted by Crippen LogP contribution is -2.49. The van der Waals surface area contributed by atoms with Gasteiger partial charge in [-0.1, -0.05) is 29.3 Å². The summed E-state index contributed by atoms with van der Waals surface area (Å²) >= 11 is 5.98. The summed E-state index contributed by atoms with van der Waals surface area (Å²) in [6.45, 7) is 3.59. The molecule has 156 valence electrons. The van der Waals surface area contributed by atoms with Gasteiger partial charge in [0.25, 0.3) is 5.91 Å². The molecule has 3 amide bonds. The fourth-order valence-electron chi connectivity index (χ4n) is 3.62. The van der Waals surface area contributed by atoms with Crippen LogP contribution in [0.2, 0.25) is 5.02 Å². The van der Waals surface area contributed by atoms with Crippen LogP contribution in [0.25, 0.3) is 5.65 Å². The van der Waals surface area contributed by atoms with Crippen molar-refractivity contribution in [3.05, 3.63) is 70.6 Å². The Balaban J connectivity index is 1.23. The van der Waals surface area contributed by atoms with E-state index in [1.54, 1.807) is 12.3 Å². The number of imidazole rings is 1. The average molecular weight is 426 g/mol. The molecule has 0 aliphatic carbocycles. The summed E-state index contributed by atoms with van der Waals surface area (Å²) in [5, 5.41) is 6.47. The largest absolute Gasteiger partial charge is 0.338 e. The molecule has 0 bridgehead atoms. The van der Waals surface area contributed by atoms with Crippen molar-refractivity contribution in [1.82, 2.24) is 24.9 Å². The van der Waals surface area contributed by atoms with Gasteiger partial charge in [0.05, 0.1) is 17.3 Å². The minimum atomic E-state index is -0.228. The number of likely N-dealkylation sites (tertiary alicyclic amines) is 1. The predicted octanol–water partition coefficient (Wildman–Crippen LogP) is 3.40. The Morgan fingerprint density at radius 2 is 1.83 bits per heavy atom. The summed E-state index contributed by atoms with van der Waals surface area (Å²) in [4.78, 5) is 31.2. The average Bonchev–Trinajstić information content (AvgIpc) is 3.15. The maximum absolute atomic E-state index is 12.6. The summed E-state index contributed by atoms with van der Waals surface area (Å²) < 4.78 is 1.83. The van der Waals surface area contributed by atoms with Gasteiger partial charge in [-0.3, -0.25) is 4.79 Å². The molecule has 3 aromatic rings. The Bertz CT molecular complexity index is 1060. The molecular weight excluding hydrogens is 402 g/mol. The number of pyridine rings is 1. The minimum Gasteiger partial charge on any atom is -0.338 e. The van der Waals surface area contributed by atoms with Crippen molar-refractivity contribution < 1.29 is 9.59 Å². The molecule has 7 nitrogen and oxygen atoms in total. The van der Waals surface area contributed by atoms with Crippen LogP contribution in [0.5, 0.6) is 0 Å². The summed E-state index contributed by atoms with van der Waals surface area (Å²) in [6.07, 6.45) is 5.09. The molecule has 0 spiro atoms. The summed E-state index contributed by atoms with van der Waals surface area (Å²) in [5.74, 6) is 0.0462. The quantitative estimate of drug-likeness (QED) is 0.672. The van der Waals surface area contributed by atoms with Crippen molar-refractivity contribution in [2.45, 2.75) is 32.4 Å². The number of halogens is 1. The third-order valence-corrected chi connectivity index (χ3v) is 5.53. The fourth-order valence-corrected chi connectivity index (χ4v) is 3.78. The Hall–Kier alpha value is -3.06. The standard InChI is InChI=1S/C22H24ClN5O2/c1-15-2-4-16(5-3-15)21(29)27-10-8-18(9-11-27)26-22(30)24-12-19-14-28-13-17(23)6-7-20(28)25-19/h2-7,13-14,18H,8-12H2,1H3,(H2,24,26,30). The Labute approximate surface area is 180 Å². The van der Waals surface area contributed by atoms with E-state index in [1.165, 1.54) is 0 Å². The zero-order valence-corrected chi connectivity index (χ0v) is 17.5. The van der Waals surface area contributed by atoms with Crippen LogP contribution in [0.1, 0.15) is 34.5 Å². The lowest BCUT2D eigenvalue weighted by Gasteiger charge is -2.32. The van der Waals surface area contributed by atoms with Gasteiger partial charge in [0, 0.05) is 37.1 Å². The van der Waals surface area contributed by atoms with Crippen molar-refractivity contribution >= 4 is 29.2 Å². The second-order valence-corrected chi connectivity index (χ2v) is 8.04. The second-order valence-electron chi connectivity index (χ2n) is 7.60. The monoisotopic (exact) mass is 425 g/mol. The van der Waals surface area contributed by atoms with Crippen molar-refractivity contribution in [2.24, 2.45) is 0 Å². The molecule has 30 heavy (non-hydrogen) atoms. The number of hydrogen-bond donors (Lipinski definition) is 2. The van der Waals surface area contributed by atoms with E-state index < -0.39 is 0 Å². The van der Waals surface area contributed by atoms with Crippen LogP contribution in [0.15, 0.2) is 48.8 Å². The molecule has 2 aromatic heterocycles. The van der Waals surface area contributed by atoms with Gasteiger partial charge >= 0.3 is 6.03 Å². The molecule has 1 aliphatic rings. The molecular formula is C22H24ClN5O2. The number of nitrogens with zero attached hydrogens (tertiary/aromatic N) is 3. The van der Waals surface area contributed by atoms with Crippen LogP contribution in [0, 0.1) is 6.92 Å². The number of rotatable bonds is 4. The number of benzene rings is 1. The zero-order valence-electron chi connectivity index (χ0n) is 16.8. The number of fused-ring (bicyclic) bond motifs is 1. The fraction of sp³-hybridized carbons (Fsp3) is 0.318. The topological polar surface area (TPSA) is 78.7 Å². The molecule has 1 aromatic carbocycles. The third-order valence-electron chi connectivity index (χ3n) is 5.31. The van der Waals surface area contributed by atoms with Gasteiger partial charge in [-0.15, -0.1) is 0 Å². The summed E-state index contributed by atoms with van der Waals surface area (Å²) in [7, 11) is 0. The predicted molar refractivity (Wildman–Crippen MR) is 116 cm³/mol. The summed E-state index contributed by atoms with van der Waals surface area (Å²) in [5.41, 5.74) is 3.37. The Morgan fingerprint density at radius 1 is 1.10 bits per heavy atom. The molecule has 0 atom stereocenters. The van der Waals surface area contributed by atoms with Crippen LogP contribution in [0.3, 0.4) is 0 Å². The first-order chi connectivity index (χ1) is 14.5. The Morgan fingerprint density at radius 3 is 2.57 bits per heavy atom. The molecule has 4 rings (SSSR count). The number of aromatic nitrogens is 2. The first-order valence-corrected chi connectivity index (χ1v) is 10.4. The molecule has 1 fully saturated rings. The lowest BCUT2D eigenvalue weighted by atomic mass is 10.0. The molecule has 3 heterocycles. The third kappa shape index (κ3) is 4.74. The molecule has 1 saturated heterocycles. The lowest BCUT2D eigenvalue weighted by molar-refractivity contribution is 0.0708. The van der Waals surface area contributed by atoms with E-state index >= 15 is 0 Å². The normalized spacial score (nSPS) is 14.7. The number of hydrogen-bond acceptors (Lipinski definition) is 3. The highest BCUT2D eigenvalue weighted by molar-refractivity contribution is 6.30. The maximum atomic E-state index is 12.6. The van der Waals surface area contributed by atoms with Gasteiger partial charge in [0.2, 0.25) is 0 Å². The zero-order chi connectivity index (χ0) is 21.1. The van der Waals surface area contributed by atoms with Crippen molar-refractivity contribution in [2.75, 3.05) is 13.1 Å². The minimum absolute atomic E-state index is 0.0462. The van der Waals surface area contributed by atoms with Gasteiger partial charge in [-0.25, -0.2) is 9.78 Å². The van der Waals surface area contributed by atoms with Crippen LogP contribution in [-0.2, 0) is 6.54 Å². The number of urea groups is 1. The van der Waals surface area contributed by atoms with Gasteiger partial charge in [-0.2, -0.15) is 0 Å². The van der Waals surface area contributed by atoms with E-state index in [4.69, 9.17) is 11.6 Å². The number of nitrogens with one attached hydrogen (secondary N) is 2. The van der Waals surface area contributed by atoms with E-state index in [0.717, 1.165) is 29.7 Å². The number of amides is 3. The highest BCUT2D eigenvalue weighted by Gasteiger charge is 2.24. The number of piperidine rings is 1. The van der Waals surface area contributed by atoms with Crippen molar-refractivity contribution in [3.63, 3.8) is 0 Å². The number of carbonyl (C=O) groups is 2. The molecule has 0 saturated carbocycles. The van der Waals surface area contributed by atoms with Crippen molar-refractivity contribution in [3.8, 4) is 0 Å². The van der Waals surface area contributed by atoms with E-state index in [1.807, 2.05) is 52.8 Å². The molecule has 8 heteroatoms. The molecule has 2 N–H and O–H groups in total. The van der Waals surface area contributed by atoms with Gasteiger partial charge in [-0.05, 0) is 44.0 Å². The Kier molecular flexibility index (Phi) is 5.90. The highest BCUT2D eigenvalue weighted by atomic mass is 35.5. The van der Waals surface area contributed by atoms with Crippen LogP contribution < -0.4 is 10.6 Å². The van der Waals surface area contributed by atoms with Gasteiger partial charge in [0.1, 0.15) is 5.65 Å². The second kappa shape index (κ2) is 8.75. The first-order valence-electron chi connectivity index (χ1n) is 10.0. The summed E-state index contributed by atoms with van der Waals surface area (Å²) in [6, 6.07) is 11.1. The van der Waals surface area contributed by atoms with E-state index in [-0.39, 0.29) is 18.0 Å². The van der Waals surface area contributed by atoms with E-state index in [0.29, 0.717) is 30.2 Å². The van der Waals surface area contributed by atoms with Crippen LogP contribution >= 0.6 is 11.6 Å². The molecule has 0 radical (unpaired) electrons. The smallest absolute Gasteiger partial charge is 0.315 e. The van der Waals surface area contributed by atoms with E-state index in [9.17, 15) is 9.59 Å². The van der Waals surface area contributed by atoms with Crippen LogP contribution in [-0.4, -0.2) is 45.4 Å². The first kappa shape index (κ1) is 20.2. The number of aryl methyl sites for hydroxylation is 1.